The van der Waals surface area contributed by atoms with Crippen molar-refractivity contribution in [3.05, 3.63) is 77.0 Å². The summed E-state index contributed by atoms with van der Waals surface area (Å²) in [7, 11) is 0. The minimum absolute atomic E-state index is 0.0181. The molecule has 0 saturated heterocycles. The molecule has 0 bridgehead atoms. The first kappa shape index (κ1) is 20.2. The number of amides is 1. The van der Waals surface area contributed by atoms with Crippen LogP contribution in [0.3, 0.4) is 0 Å². The molecule has 0 aliphatic heterocycles. The van der Waals surface area contributed by atoms with Gasteiger partial charge in [0.25, 0.3) is 5.91 Å². The van der Waals surface area contributed by atoms with E-state index in [4.69, 9.17) is 25.9 Å². The Bertz CT molecular complexity index is 1050. The molecule has 8 heteroatoms. The van der Waals surface area contributed by atoms with E-state index in [1.165, 1.54) is 18.3 Å². The van der Waals surface area contributed by atoms with Crippen LogP contribution in [-0.4, -0.2) is 29.3 Å². The first-order chi connectivity index (χ1) is 13.9. The minimum atomic E-state index is -1.13. The number of para-hydroxylation sites is 1. The van der Waals surface area contributed by atoms with Gasteiger partial charge >= 0.3 is 5.97 Å². The molecule has 0 aliphatic rings. The molecule has 0 radical (unpaired) electrons. The number of aromatic carboxylic acids is 1. The number of carboxylic acids is 1. The predicted molar refractivity (Wildman–Crippen MR) is 108 cm³/mol. The summed E-state index contributed by atoms with van der Waals surface area (Å²) in [6.07, 6.45) is 0.607. The first-order valence-electron chi connectivity index (χ1n) is 8.61. The Morgan fingerprint density at radius 1 is 1.17 bits per heavy atom. The van der Waals surface area contributed by atoms with Gasteiger partial charge in [-0.2, -0.15) is 5.10 Å². The fourth-order valence-corrected chi connectivity index (χ4v) is 2.63. The fraction of sp³-hybridized carbons (Fsp3) is 0.0952. The quantitative estimate of drug-likeness (QED) is 0.447. The highest BCUT2D eigenvalue weighted by Crippen LogP contribution is 2.26. The van der Waals surface area contributed by atoms with Crippen LogP contribution in [0.1, 0.15) is 23.0 Å². The number of carbonyl (C=O) groups is 2. The largest absolute Gasteiger partial charge is 0.481 e. The van der Waals surface area contributed by atoms with Crippen LogP contribution in [0.5, 0.6) is 5.75 Å². The molecule has 7 nitrogen and oxygen atoms in total. The molecule has 1 atom stereocenters. The van der Waals surface area contributed by atoms with Crippen molar-refractivity contribution in [1.29, 1.82) is 0 Å². The van der Waals surface area contributed by atoms with E-state index < -0.39 is 18.0 Å². The van der Waals surface area contributed by atoms with Gasteiger partial charge in [0.05, 0.1) is 16.8 Å². The average Bonchev–Trinajstić information content (AvgIpc) is 3.17. The zero-order chi connectivity index (χ0) is 20.8. The van der Waals surface area contributed by atoms with Gasteiger partial charge in [-0.15, -0.1) is 0 Å². The van der Waals surface area contributed by atoms with Crippen LogP contribution in [0, 0.1) is 0 Å². The summed E-state index contributed by atoms with van der Waals surface area (Å²) in [5.41, 5.74) is 2.92. The van der Waals surface area contributed by atoms with Crippen molar-refractivity contribution in [3.63, 3.8) is 0 Å². The molecule has 29 heavy (non-hydrogen) atoms. The van der Waals surface area contributed by atoms with E-state index in [-0.39, 0.29) is 10.6 Å². The van der Waals surface area contributed by atoms with Crippen molar-refractivity contribution in [2.75, 3.05) is 0 Å². The van der Waals surface area contributed by atoms with Crippen LogP contribution in [0.15, 0.2) is 70.2 Å². The second-order valence-electron chi connectivity index (χ2n) is 6.01. The number of rotatable bonds is 7. The highest BCUT2D eigenvalue weighted by atomic mass is 35.5. The summed E-state index contributed by atoms with van der Waals surface area (Å²) < 4.78 is 11.1. The molecule has 0 fully saturated rings. The first-order valence-corrected chi connectivity index (χ1v) is 8.99. The molecule has 1 heterocycles. The SMILES string of the molecule is C[C@H](Oc1ccccc1)C(=O)N/N=C\c1ccc(-c2ccc(Cl)c(C(=O)O)c2)o1. The maximum atomic E-state index is 12.0. The Hall–Kier alpha value is -3.58. The number of nitrogens with one attached hydrogen (secondary N) is 1. The van der Waals surface area contributed by atoms with Gasteiger partial charge in [0.1, 0.15) is 17.3 Å². The predicted octanol–water partition coefficient (Wildman–Crippen LogP) is 4.22. The lowest BCUT2D eigenvalue weighted by molar-refractivity contribution is -0.127. The van der Waals surface area contributed by atoms with E-state index in [0.29, 0.717) is 22.8 Å². The van der Waals surface area contributed by atoms with E-state index in [1.54, 1.807) is 37.3 Å². The maximum Gasteiger partial charge on any atom is 0.337 e. The maximum absolute atomic E-state index is 12.0. The molecule has 2 N–H and O–H groups in total. The molecular weight excluding hydrogens is 396 g/mol. The van der Waals surface area contributed by atoms with Crippen molar-refractivity contribution in [1.82, 2.24) is 5.43 Å². The topological polar surface area (TPSA) is 101 Å². The molecule has 148 valence electrons. The van der Waals surface area contributed by atoms with Gasteiger partial charge in [-0.3, -0.25) is 4.79 Å². The molecule has 0 aliphatic carbocycles. The summed E-state index contributed by atoms with van der Waals surface area (Å²) in [5, 5.41) is 13.2. The van der Waals surface area contributed by atoms with Crippen LogP contribution in [0.25, 0.3) is 11.3 Å². The van der Waals surface area contributed by atoms with Crippen molar-refractivity contribution < 1.29 is 23.8 Å². The lowest BCUT2D eigenvalue weighted by Gasteiger charge is -2.12. The van der Waals surface area contributed by atoms with Gasteiger partial charge in [0.2, 0.25) is 0 Å². The van der Waals surface area contributed by atoms with Crippen LogP contribution < -0.4 is 10.2 Å². The third-order valence-corrected chi connectivity index (χ3v) is 4.23. The minimum Gasteiger partial charge on any atom is -0.481 e. The third-order valence-electron chi connectivity index (χ3n) is 3.90. The highest BCUT2D eigenvalue weighted by molar-refractivity contribution is 6.33. The van der Waals surface area contributed by atoms with Gasteiger partial charge in [-0.25, -0.2) is 10.2 Å². The summed E-state index contributed by atoms with van der Waals surface area (Å²) in [4.78, 5) is 23.2. The van der Waals surface area contributed by atoms with Crippen LogP contribution >= 0.6 is 11.6 Å². The summed E-state index contributed by atoms with van der Waals surface area (Å²) in [6, 6.07) is 16.9. The fourth-order valence-electron chi connectivity index (χ4n) is 2.43. The van der Waals surface area contributed by atoms with Gasteiger partial charge in [0, 0.05) is 5.56 Å². The summed E-state index contributed by atoms with van der Waals surface area (Å²) >= 11 is 5.88. The van der Waals surface area contributed by atoms with Gasteiger partial charge in [0.15, 0.2) is 6.10 Å². The van der Waals surface area contributed by atoms with E-state index in [1.807, 2.05) is 18.2 Å². The Morgan fingerprint density at radius 2 is 1.93 bits per heavy atom. The summed E-state index contributed by atoms with van der Waals surface area (Å²) in [5.74, 6) is -0.139. The number of nitrogens with zero attached hydrogens (tertiary/aromatic N) is 1. The van der Waals surface area contributed by atoms with Crippen molar-refractivity contribution in [2.24, 2.45) is 5.10 Å². The van der Waals surface area contributed by atoms with E-state index in [0.717, 1.165) is 0 Å². The molecular formula is C21H17ClN2O5. The Balaban J connectivity index is 1.61. The second kappa shape index (κ2) is 9.07. The number of halogens is 1. The lowest BCUT2D eigenvalue weighted by atomic mass is 10.1. The molecule has 1 aromatic heterocycles. The third kappa shape index (κ3) is 5.24. The normalized spacial score (nSPS) is 11.9. The number of furan rings is 1. The number of hydrazone groups is 1. The van der Waals surface area contributed by atoms with E-state index >= 15 is 0 Å². The standard InChI is InChI=1S/C21H17ClN2O5/c1-13(28-15-5-3-2-4-6-15)20(25)24-23-12-16-8-10-19(29-16)14-7-9-18(22)17(11-14)21(26)27/h2-13H,1H3,(H,24,25)(H,26,27)/b23-12-/t13-/m0/s1. The van der Waals surface area contributed by atoms with Gasteiger partial charge in [-0.05, 0) is 49.4 Å². The Kier molecular flexibility index (Phi) is 6.31. The second-order valence-corrected chi connectivity index (χ2v) is 6.42. The van der Waals surface area contributed by atoms with Crippen LogP contribution in [-0.2, 0) is 4.79 Å². The van der Waals surface area contributed by atoms with Crippen molar-refractivity contribution >= 4 is 29.7 Å². The molecule has 0 spiro atoms. The van der Waals surface area contributed by atoms with E-state index in [2.05, 4.69) is 10.5 Å². The number of ether oxygens (including phenoxy) is 1. The molecule has 1 amide bonds. The number of carboxylic acid groups (broad SMARTS) is 1. The van der Waals surface area contributed by atoms with Gasteiger partial charge < -0.3 is 14.3 Å². The molecule has 0 unspecified atom stereocenters. The van der Waals surface area contributed by atoms with Crippen molar-refractivity contribution in [2.45, 2.75) is 13.0 Å². The zero-order valence-electron chi connectivity index (χ0n) is 15.3. The molecule has 3 aromatic rings. The number of hydrogen-bond donors (Lipinski definition) is 2. The average molecular weight is 413 g/mol. The lowest BCUT2D eigenvalue weighted by Crippen LogP contribution is -2.33. The highest BCUT2D eigenvalue weighted by Gasteiger charge is 2.14. The number of hydrogen-bond acceptors (Lipinski definition) is 5. The molecule has 3 rings (SSSR count). The number of carbonyl (C=O) groups excluding carboxylic acids is 1. The Labute approximate surface area is 171 Å². The van der Waals surface area contributed by atoms with Gasteiger partial charge in [-0.1, -0.05) is 29.8 Å². The van der Waals surface area contributed by atoms with Crippen molar-refractivity contribution in [3.8, 4) is 17.1 Å². The monoisotopic (exact) mass is 412 g/mol. The number of benzene rings is 2. The molecule has 0 saturated carbocycles. The van der Waals surface area contributed by atoms with E-state index in [9.17, 15) is 9.59 Å². The molecule has 2 aromatic carbocycles. The zero-order valence-corrected chi connectivity index (χ0v) is 16.1. The van der Waals surface area contributed by atoms with Crippen LogP contribution in [0.2, 0.25) is 5.02 Å². The summed E-state index contributed by atoms with van der Waals surface area (Å²) in [6.45, 7) is 1.61. The Morgan fingerprint density at radius 3 is 2.66 bits per heavy atom. The smallest absolute Gasteiger partial charge is 0.337 e. The van der Waals surface area contributed by atoms with Crippen LogP contribution in [0.4, 0.5) is 0 Å².